The third kappa shape index (κ3) is 6.37. The summed E-state index contributed by atoms with van der Waals surface area (Å²) in [6.45, 7) is 0. The largest absolute Gasteiger partial charge is 0.244 e. The highest BCUT2D eigenvalue weighted by Crippen LogP contribution is 2.50. The van der Waals surface area contributed by atoms with Crippen molar-refractivity contribution in [2.75, 3.05) is 0 Å². The molecule has 0 spiro atoms. The maximum absolute atomic E-state index is 5.15. The van der Waals surface area contributed by atoms with Crippen molar-refractivity contribution < 1.29 is 0 Å². The second-order valence-electron chi connectivity index (χ2n) is 16.5. The van der Waals surface area contributed by atoms with Crippen molar-refractivity contribution >= 4 is 191 Å². The first-order chi connectivity index (χ1) is 33.6. The van der Waals surface area contributed by atoms with E-state index in [4.69, 9.17) is 19.9 Å². The van der Waals surface area contributed by atoms with Crippen molar-refractivity contribution in [1.29, 1.82) is 0 Å². The number of hydrogen-bond donors (Lipinski definition) is 0. The molecule has 0 unspecified atom stereocenters. The lowest BCUT2D eigenvalue weighted by molar-refractivity contribution is 1.30. The van der Waals surface area contributed by atoms with E-state index >= 15 is 0 Å². The number of fused-ring (bicyclic) bond motifs is 14. The van der Waals surface area contributed by atoms with E-state index in [9.17, 15) is 0 Å². The monoisotopic (exact) mass is 1010 g/mol. The van der Waals surface area contributed by atoms with Gasteiger partial charge in [-0.05, 0) is 83.6 Å². The van der Waals surface area contributed by atoms with E-state index in [1.54, 1.807) is 0 Å². The molecule has 0 N–H and O–H groups in total. The van der Waals surface area contributed by atoms with Gasteiger partial charge >= 0.3 is 0 Å². The second kappa shape index (κ2) is 15.6. The quantitative estimate of drug-likeness (QED) is 0.176. The molecule has 0 aliphatic rings. The molecule has 0 fully saturated rings. The normalized spacial score (nSPS) is 12.1. The lowest BCUT2D eigenvalue weighted by Crippen LogP contribution is -1.95. The molecule has 0 saturated carbocycles. The first-order valence-corrected chi connectivity index (χ1v) is 28.5. The van der Waals surface area contributed by atoms with Crippen molar-refractivity contribution in [1.82, 2.24) is 19.9 Å². The molecule has 6 aromatic carbocycles. The average molecular weight is 1010 g/mol. The maximum Gasteiger partial charge on any atom is 0.108 e. The zero-order chi connectivity index (χ0) is 44.5. The van der Waals surface area contributed by atoms with Gasteiger partial charge in [-0.15, -0.1) is 90.7 Å². The number of benzene rings is 6. The van der Waals surface area contributed by atoms with Gasteiger partial charge in [0, 0.05) is 70.3 Å². The summed E-state index contributed by atoms with van der Waals surface area (Å²) in [7, 11) is 0. The van der Waals surface area contributed by atoms with Crippen molar-refractivity contribution in [3.8, 4) is 43.7 Å². The Labute approximate surface area is 419 Å². The van der Waals surface area contributed by atoms with Crippen LogP contribution in [0.2, 0.25) is 0 Å². The number of thiophene rings is 8. The minimum atomic E-state index is 0.913. The molecule has 0 atom stereocenters. The number of rotatable bonds is 4. The third-order valence-electron chi connectivity index (χ3n) is 12.4. The van der Waals surface area contributed by atoms with Crippen LogP contribution in [-0.2, 0) is 0 Å². The summed E-state index contributed by atoms with van der Waals surface area (Å²) < 4.78 is 16.2. The van der Waals surface area contributed by atoms with Crippen LogP contribution in [0.1, 0.15) is 0 Å². The summed E-state index contributed by atoms with van der Waals surface area (Å²) in [5.74, 6) is 0. The molecular weight excluding hydrogens is 985 g/mol. The van der Waals surface area contributed by atoms with Crippen LogP contribution in [0, 0.1) is 0 Å². The number of para-hydroxylation sites is 4. The molecule has 4 nitrogen and oxygen atoms in total. The van der Waals surface area contributed by atoms with Crippen molar-refractivity contribution in [2.45, 2.75) is 0 Å². The molecule has 16 aromatic rings. The molecule has 0 saturated heterocycles. The van der Waals surface area contributed by atoms with Crippen molar-refractivity contribution in [3.63, 3.8) is 0 Å². The Morgan fingerprint density at radius 3 is 1.10 bits per heavy atom. The van der Waals surface area contributed by atoms with E-state index in [1.807, 2.05) is 127 Å². The molecule has 12 heteroatoms. The predicted molar refractivity (Wildman–Crippen MR) is 304 cm³/mol. The fourth-order valence-corrected chi connectivity index (χ4v) is 19.1. The Hall–Kier alpha value is -6.32. The topological polar surface area (TPSA) is 51.6 Å². The van der Waals surface area contributed by atoms with Crippen LogP contribution in [0.3, 0.4) is 0 Å². The van der Waals surface area contributed by atoms with Crippen molar-refractivity contribution in [2.24, 2.45) is 0 Å². The Kier molecular flexibility index (Phi) is 9.10. The first kappa shape index (κ1) is 39.7. The standard InChI is InChI=1S/C32H18N2S2.C24H10N2S6/c1-5-11-27-21(7-1)23-15-13-19(17-29(23)35-27)31-32(34-26-10-4-3-9-25(26)33-31)20-14-16-24-22-8-2-6-12-28(22)36-30(24)18-20;1-2-4-12-11(3-1)25-19(15-9-17-23(31-15)21-13(29-17)5-7-27-21)20(26-12)16-10-18-24(32-16)22-14(30-18)6-8-28-22/h1-18H;1-10H. The molecule has 10 aromatic heterocycles. The second-order valence-corrected chi connectivity index (χ2v) is 24.7. The number of aromatic nitrogens is 4. The summed E-state index contributed by atoms with van der Waals surface area (Å²) in [5.41, 5.74) is 9.76. The van der Waals surface area contributed by atoms with Crippen LogP contribution in [0.15, 0.2) is 168 Å². The molecule has 10 heterocycles. The highest BCUT2D eigenvalue weighted by Gasteiger charge is 2.22. The summed E-state index contributed by atoms with van der Waals surface area (Å²) >= 11 is 14.8. The van der Waals surface area contributed by atoms with Gasteiger partial charge in [-0.1, -0.05) is 84.9 Å². The molecule has 0 amide bonds. The van der Waals surface area contributed by atoms with Crippen LogP contribution in [-0.4, -0.2) is 19.9 Å². The zero-order valence-corrected chi connectivity index (χ0v) is 41.8. The van der Waals surface area contributed by atoms with Gasteiger partial charge in [-0.2, -0.15) is 0 Å². The minimum Gasteiger partial charge on any atom is -0.244 e. The van der Waals surface area contributed by atoms with E-state index in [2.05, 4.69) is 132 Å². The van der Waals surface area contributed by atoms with Crippen molar-refractivity contribution in [3.05, 3.63) is 168 Å². The highest BCUT2D eigenvalue weighted by atomic mass is 32.1. The van der Waals surface area contributed by atoms with E-state index in [1.165, 1.54) is 87.7 Å². The molecule has 0 bridgehead atoms. The summed E-state index contributed by atoms with van der Waals surface area (Å²) in [6, 6.07) is 56.1. The summed E-state index contributed by atoms with van der Waals surface area (Å²) in [6.07, 6.45) is 0. The third-order valence-corrected chi connectivity index (χ3v) is 21.8. The van der Waals surface area contributed by atoms with Crippen LogP contribution in [0.5, 0.6) is 0 Å². The molecule has 0 aliphatic carbocycles. The molecule has 68 heavy (non-hydrogen) atoms. The summed E-state index contributed by atoms with van der Waals surface area (Å²) in [5, 5.41) is 9.58. The van der Waals surface area contributed by atoms with Crippen LogP contribution < -0.4 is 0 Å². The zero-order valence-electron chi connectivity index (χ0n) is 35.2. The number of hydrogen-bond acceptors (Lipinski definition) is 12. The van der Waals surface area contributed by atoms with Gasteiger partial charge in [0.1, 0.15) is 11.4 Å². The Morgan fingerprint density at radius 1 is 0.265 bits per heavy atom. The molecule has 0 aliphatic heterocycles. The number of nitrogens with zero attached hydrogens (tertiary/aromatic N) is 4. The van der Waals surface area contributed by atoms with Gasteiger partial charge in [0.15, 0.2) is 0 Å². The SMILES string of the molecule is c1ccc2nc(-c3cc4sc5ccsc5c4s3)c(-c3cc4sc5ccsc5c4s3)nc2c1.c1ccc2nc(-c3ccc4c(c3)sc3ccccc34)c(-c3ccc4c(c3)sc3ccccc34)nc2c1. The molecule has 16 rings (SSSR count). The fourth-order valence-electron chi connectivity index (χ4n) is 9.27. The predicted octanol–water partition coefficient (Wildman–Crippen LogP) is 19.6. The van der Waals surface area contributed by atoms with E-state index in [0.29, 0.717) is 0 Å². The molecule has 320 valence electrons. The smallest absolute Gasteiger partial charge is 0.108 e. The van der Waals surface area contributed by atoms with Crippen LogP contribution in [0.25, 0.3) is 144 Å². The minimum absolute atomic E-state index is 0.913. The Morgan fingerprint density at radius 2 is 0.647 bits per heavy atom. The van der Waals surface area contributed by atoms with Gasteiger partial charge in [-0.25, -0.2) is 19.9 Å². The van der Waals surface area contributed by atoms with Gasteiger partial charge in [0.25, 0.3) is 0 Å². The van der Waals surface area contributed by atoms with E-state index in [-0.39, 0.29) is 0 Å². The van der Waals surface area contributed by atoms with Crippen LogP contribution >= 0.6 is 90.7 Å². The van der Waals surface area contributed by atoms with E-state index < -0.39 is 0 Å². The Balaban J connectivity index is 0.000000124. The molecule has 0 radical (unpaired) electrons. The summed E-state index contributed by atoms with van der Waals surface area (Å²) in [4.78, 5) is 23.0. The van der Waals surface area contributed by atoms with Gasteiger partial charge in [-0.3, -0.25) is 0 Å². The lowest BCUT2D eigenvalue weighted by atomic mass is 10.0. The maximum atomic E-state index is 5.15. The first-order valence-electron chi connectivity index (χ1n) is 21.8. The van der Waals surface area contributed by atoms with Gasteiger partial charge in [0.2, 0.25) is 0 Å². The van der Waals surface area contributed by atoms with Crippen LogP contribution in [0.4, 0.5) is 0 Å². The average Bonchev–Trinajstić information content (AvgIpc) is 4.25. The van der Waals surface area contributed by atoms with Gasteiger partial charge in [0.05, 0.1) is 62.0 Å². The Bertz CT molecular complexity index is 4370. The fraction of sp³-hybridized carbons (Fsp3) is 0. The molecular formula is C56H28N4S8. The lowest BCUT2D eigenvalue weighted by Gasteiger charge is -2.11. The highest BCUT2D eigenvalue weighted by molar-refractivity contribution is 7.40. The van der Waals surface area contributed by atoms with E-state index in [0.717, 1.165) is 56.0 Å². The van der Waals surface area contributed by atoms with Gasteiger partial charge < -0.3 is 0 Å².